The number of hydrogen-bond donors (Lipinski definition) is 1. The number of methoxy groups -OCH3 is 2. The number of hydrazone groups is 1. The molecular weight excluding hydrogens is 389 g/mol. The first-order valence-corrected chi connectivity index (χ1v) is 9.86. The average Bonchev–Trinajstić information content (AvgIpc) is 2.66. The summed E-state index contributed by atoms with van der Waals surface area (Å²) >= 11 is 0. The van der Waals surface area contributed by atoms with Crippen LogP contribution in [0.4, 0.5) is 10.1 Å². The highest BCUT2D eigenvalue weighted by molar-refractivity contribution is 7.92. The van der Waals surface area contributed by atoms with Gasteiger partial charge in [-0.3, -0.25) is 9.10 Å². The monoisotopic (exact) mass is 409 g/mol. The van der Waals surface area contributed by atoms with Gasteiger partial charge >= 0.3 is 0 Å². The lowest BCUT2D eigenvalue weighted by Crippen LogP contribution is -2.39. The first-order valence-electron chi connectivity index (χ1n) is 8.02. The number of ether oxygens (including phenoxy) is 2. The minimum absolute atomic E-state index is 0.184. The smallest absolute Gasteiger partial charge is 0.260 e. The molecule has 2 aromatic rings. The molecule has 0 bridgehead atoms. The summed E-state index contributed by atoms with van der Waals surface area (Å²) in [5.41, 5.74) is 3.00. The largest absolute Gasteiger partial charge is 0.497 e. The van der Waals surface area contributed by atoms with Crippen molar-refractivity contribution in [2.45, 2.75) is 0 Å². The summed E-state index contributed by atoms with van der Waals surface area (Å²) in [6.07, 6.45) is 2.29. The predicted molar refractivity (Wildman–Crippen MR) is 104 cm³/mol. The Bertz CT molecular complexity index is 962. The van der Waals surface area contributed by atoms with Crippen molar-refractivity contribution in [2.24, 2.45) is 5.10 Å². The van der Waals surface area contributed by atoms with E-state index in [9.17, 15) is 17.6 Å². The van der Waals surface area contributed by atoms with Crippen LogP contribution in [-0.4, -0.2) is 47.6 Å². The molecule has 0 unspecified atom stereocenters. The number of carbonyl (C=O) groups excluding carboxylic acids is 1. The molecule has 0 aliphatic heterocycles. The van der Waals surface area contributed by atoms with Gasteiger partial charge in [0.25, 0.3) is 5.91 Å². The van der Waals surface area contributed by atoms with E-state index in [0.717, 1.165) is 10.6 Å². The lowest BCUT2D eigenvalue weighted by molar-refractivity contribution is -0.119. The minimum atomic E-state index is -3.79. The van der Waals surface area contributed by atoms with Gasteiger partial charge in [-0.25, -0.2) is 18.2 Å². The summed E-state index contributed by atoms with van der Waals surface area (Å²) in [6, 6.07) is 10.0. The zero-order chi connectivity index (χ0) is 20.7. The molecule has 10 heteroatoms. The van der Waals surface area contributed by atoms with Crippen molar-refractivity contribution in [3.05, 3.63) is 53.8 Å². The maximum absolute atomic E-state index is 12.9. The quantitative estimate of drug-likeness (QED) is 0.529. The highest BCUT2D eigenvalue weighted by atomic mass is 32.2. The van der Waals surface area contributed by atoms with Gasteiger partial charge in [0, 0.05) is 6.07 Å². The van der Waals surface area contributed by atoms with Gasteiger partial charge in [0.1, 0.15) is 23.9 Å². The van der Waals surface area contributed by atoms with E-state index in [4.69, 9.17) is 9.47 Å². The minimum Gasteiger partial charge on any atom is -0.497 e. The fourth-order valence-corrected chi connectivity index (χ4v) is 3.13. The van der Waals surface area contributed by atoms with Crippen LogP contribution in [0.1, 0.15) is 5.56 Å². The first-order chi connectivity index (χ1) is 13.2. The molecule has 150 valence electrons. The molecule has 0 fully saturated rings. The summed E-state index contributed by atoms with van der Waals surface area (Å²) in [4.78, 5) is 12.2. The van der Waals surface area contributed by atoms with Crippen LogP contribution in [0.25, 0.3) is 0 Å². The summed E-state index contributed by atoms with van der Waals surface area (Å²) in [5.74, 6) is -0.352. The molecule has 1 amide bonds. The number of nitrogens with zero attached hydrogens (tertiary/aromatic N) is 2. The van der Waals surface area contributed by atoms with Crippen LogP contribution in [0.3, 0.4) is 0 Å². The highest BCUT2D eigenvalue weighted by Gasteiger charge is 2.24. The maximum atomic E-state index is 12.9. The van der Waals surface area contributed by atoms with Gasteiger partial charge in [0.2, 0.25) is 10.0 Å². The SMILES string of the molecule is COc1ccc(N(CC(=O)N/N=C\c2ccc(F)cc2)S(C)(=O)=O)c(OC)c1. The number of amides is 1. The van der Waals surface area contributed by atoms with Crippen LogP contribution in [-0.2, 0) is 14.8 Å². The molecule has 0 saturated heterocycles. The van der Waals surface area contributed by atoms with Gasteiger partial charge in [-0.2, -0.15) is 5.10 Å². The fraction of sp³-hybridized carbons (Fsp3) is 0.222. The average molecular weight is 409 g/mol. The van der Waals surface area contributed by atoms with Crippen LogP contribution in [0.5, 0.6) is 11.5 Å². The topological polar surface area (TPSA) is 97.3 Å². The van der Waals surface area contributed by atoms with E-state index in [1.165, 1.54) is 56.8 Å². The highest BCUT2D eigenvalue weighted by Crippen LogP contribution is 2.33. The number of anilines is 1. The fourth-order valence-electron chi connectivity index (χ4n) is 2.27. The molecule has 0 radical (unpaired) electrons. The van der Waals surface area contributed by atoms with E-state index >= 15 is 0 Å². The Balaban J connectivity index is 2.16. The molecule has 0 aliphatic carbocycles. The number of hydrogen-bond acceptors (Lipinski definition) is 6. The molecule has 0 aromatic heterocycles. The van der Waals surface area contributed by atoms with E-state index in [-0.39, 0.29) is 11.4 Å². The first kappa shape index (κ1) is 21.2. The second kappa shape index (κ2) is 9.18. The number of carbonyl (C=O) groups is 1. The summed E-state index contributed by atoms with van der Waals surface area (Å²) in [5, 5.41) is 3.75. The molecule has 28 heavy (non-hydrogen) atoms. The van der Waals surface area contributed by atoms with Crippen LogP contribution < -0.4 is 19.2 Å². The van der Waals surface area contributed by atoms with E-state index in [1.807, 2.05) is 0 Å². The van der Waals surface area contributed by atoms with E-state index in [2.05, 4.69) is 10.5 Å². The second-order valence-electron chi connectivity index (χ2n) is 5.65. The second-order valence-corrected chi connectivity index (χ2v) is 7.56. The zero-order valence-electron chi connectivity index (χ0n) is 15.5. The zero-order valence-corrected chi connectivity index (χ0v) is 16.4. The summed E-state index contributed by atoms with van der Waals surface area (Å²) in [7, 11) is -0.941. The van der Waals surface area contributed by atoms with Gasteiger partial charge in [0.05, 0.1) is 32.4 Å². The molecule has 0 spiro atoms. The molecule has 8 nitrogen and oxygen atoms in total. The number of rotatable bonds is 8. The van der Waals surface area contributed by atoms with Gasteiger partial charge in [-0.15, -0.1) is 0 Å². The van der Waals surface area contributed by atoms with Crippen molar-refractivity contribution in [1.29, 1.82) is 0 Å². The Hall–Kier alpha value is -3.14. The van der Waals surface area contributed by atoms with Gasteiger partial charge in [-0.1, -0.05) is 12.1 Å². The lowest BCUT2D eigenvalue weighted by atomic mass is 10.2. The predicted octanol–water partition coefficient (Wildman–Crippen LogP) is 1.76. The Kier molecular flexibility index (Phi) is 6.94. The van der Waals surface area contributed by atoms with Gasteiger partial charge in [0.15, 0.2) is 0 Å². The third kappa shape index (κ3) is 5.68. The molecule has 0 aliphatic rings. The molecular formula is C18H20FN3O5S. The molecule has 0 atom stereocenters. The van der Waals surface area contributed by atoms with E-state index < -0.39 is 28.3 Å². The number of halogens is 1. The molecule has 0 saturated carbocycles. The van der Waals surface area contributed by atoms with Gasteiger partial charge < -0.3 is 9.47 Å². The summed E-state index contributed by atoms with van der Waals surface area (Å²) in [6.45, 7) is -0.512. The normalized spacial score (nSPS) is 11.3. The third-order valence-corrected chi connectivity index (χ3v) is 4.74. The van der Waals surface area contributed by atoms with Crippen LogP contribution >= 0.6 is 0 Å². The van der Waals surface area contributed by atoms with E-state index in [0.29, 0.717) is 11.3 Å². The van der Waals surface area contributed by atoms with Crippen molar-refractivity contribution in [1.82, 2.24) is 5.43 Å². The Morgan fingerprint density at radius 2 is 1.86 bits per heavy atom. The lowest BCUT2D eigenvalue weighted by Gasteiger charge is -2.23. The number of sulfonamides is 1. The van der Waals surface area contributed by atoms with Crippen molar-refractivity contribution in [3.8, 4) is 11.5 Å². The molecule has 1 N–H and O–H groups in total. The van der Waals surface area contributed by atoms with Crippen molar-refractivity contribution in [3.63, 3.8) is 0 Å². The van der Waals surface area contributed by atoms with Gasteiger partial charge in [-0.05, 0) is 29.8 Å². The molecule has 2 rings (SSSR count). The summed E-state index contributed by atoms with van der Waals surface area (Å²) < 4.78 is 48.5. The standard InChI is InChI=1S/C18H20FN3O5S/c1-26-15-8-9-16(17(10-15)27-2)22(28(3,24)25)12-18(23)21-20-11-13-4-6-14(19)7-5-13/h4-11H,12H2,1-3H3,(H,21,23)/b20-11-. The number of nitrogens with one attached hydrogen (secondary N) is 1. The number of benzene rings is 2. The maximum Gasteiger partial charge on any atom is 0.260 e. The van der Waals surface area contributed by atoms with Crippen molar-refractivity contribution in [2.75, 3.05) is 31.3 Å². The Morgan fingerprint density at radius 3 is 2.43 bits per heavy atom. The van der Waals surface area contributed by atoms with Crippen LogP contribution in [0.15, 0.2) is 47.6 Å². The third-order valence-electron chi connectivity index (χ3n) is 3.62. The van der Waals surface area contributed by atoms with Crippen LogP contribution in [0.2, 0.25) is 0 Å². The molecule has 0 heterocycles. The van der Waals surface area contributed by atoms with Crippen molar-refractivity contribution >= 4 is 27.8 Å². The van der Waals surface area contributed by atoms with Crippen LogP contribution in [0, 0.1) is 5.82 Å². The molecule has 2 aromatic carbocycles. The Labute approximate surface area is 162 Å². The Morgan fingerprint density at radius 1 is 1.18 bits per heavy atom. The van der Waals surface area contributed by atoms with E-state index in [1.54, 1.807) is 6.07 Å². The van der Waals surface area contributed by atoms with Crippen molar-refractivity contribution < 1.29 is 27.1 Å².